The summed E-state index contributed by atoms with van der Waals surface area (Å²) in [6.45, 7) is 4.69. The fourth-order valence-electron chi connectivity index (χ4n) is 3.46. The van der Waals surface area contributed by atoms with Gasteiger partial charge in [-0.05, 0) is 58.0 Å². The van der Waals surface area contributed by atoms with Crippen molar-refractivity contribution in [3.63, 3.8) is 0 Å². The van der Waals surface area contributed by atoms with E-state index in [9.17, 15) is 5.26 Å². The molecule has 3 heteroatoms. The van der Waals surface area contributed by atoms with Gasteiger partial charge in [0.1, 0.15) is 5.54 Å². The second kappa shape index (κ2) is 5.37. The molecule has 0 aromatic rings. The fourth-order valence-corrected chi connectivity index (χ4v) is 3.46. The third-order valence-corrected chi connectivity index (χ3v) is 4.79. The first kappa shape index (κ1) is 12.9. The Kier molecular flexibility index (Phi) is 4.06. The lowest BCUT2D eigenvalue weighted by molar-refractivity contribution is 0.146. The Morgan fingerprint density at radius 2 is 2.18 bits per heavy atom. The molecule has 2 fully saturated rings. The Bertz CT molecular complexity index is 296. The van der Waals surface area contributed by atoms with Gasteiger partial charge in [0.05, 0.1) is 6.07 Å². The van der Waals surface area contributed by atoms with Crippen LogP contribution >= 0.6 is 0 Å². The van der Waals surface area contributed by atoms with Crippen LogP contribution in [0, 0.1) is 17.2 Å². The summed E-state index contributed by atoms with van der Waals surface area (Å²) in [5.74, 6) is 0.418. The fraction of sp³-hybridized carbons (Fsp3) is 0.929. The van der Waals surface area contributed by atoms with E-state index in [1.807, 2.05) is 0 Å². The van der Waals surface area contributed by atoms with E-state index >= 15 is 0 Å². The van der Waals surface area contributed by atoms with E-state index in [-0.39, 0.29) is 0 Å². The zero-order valence-corrected chi connectivity index (χ0v) is 11.0. The van der Waals surface area contributed by atoms with Crippen LogP contribution in [0.4, 0.5) is 0 Å². The largest absolute Gasteiger partial charge is 0.313 e. The Morgan fingerprint density at radius 3 is 2.88 bits per heavy atom. The van der Waals surface area contributed by atoms with E-state index in [0.717, 1.165) is 38.3 Å². The molecule has 1 heterocycles. The van der Waals surface area contributed by atoms with E-state index in [4.69, 9.17) is 5.73 Å². The lowest BCUT2D eigenvalue weighted by Gasteiger charge is -2.35. The molecule has 0 spiro atoms. The molecule has 1 aliphatic heterocycles. The molecule has 0 aromatic carbocycles. The molecule has 2 aliphatic rings. The van der Waals surface area contributed by atoms with Gasteiger partial charge in [-0.15, -0.1) is 0 Å². The zero-order chi connectivity index (χ0) is 12.3. The van der Waals surface area contributed by atoms with Crippen LogP contribution in [0.5, 0.6) is 0 Å². The van der Waals surface area contributed by atoms with Crippen LogP contribution in [0.1, 0.15) is 51.9 Å². The Labute approximate surface area is 105 Å². The van der Waals surface area contributed by atoms with Crippen LogP contribution < -0.4 is 5.73 Å². The van der Waals surface area contributed by atoms with Gasteiger partial charge in [-0.2, -0.15) is 5.26 Å². The molecular formula is C14H25N3. The van der Waals surface area contributed by atoms with Crippen molar-refractivity contribution < 1.29 is 0 Å². The maximum atomic E-state index is 9.20. The topological polar surface area (TPSA) is 53.0 Å². The molecule has 3 nitrogen and oxygen atoms in total. The monoisotopic (exact) mass is 235 g/mol. The highest BCUT2D eigenvalue weighted by Gasteiger charge is 2.39. The maximum Gasteiger partial charge on any atom is 0.107 e. The molecule has 1 saturated carbocycles. The summed E-state index contributed by atoms with van der Waals surface area (Å²) in [4.78, 5) is 2.58. The minimum absolute atomic E-state index is 0.418. The number of piperidine rings is 1. The van der Waals surface area contributed by atoms with Crippen LogP contribution in [-0.2, 0) is 0 Å². The number of nitriles is 1. The average molecular weight is 235 g/mol. The van der Waals surface area contributed by atoms with Crippen molar-refractivity contribution in [1.82, 2.24) is 4.90 Å². The van der Waals surface area contributed by atoms with Crippen LogP contribution in [0.25, 0.3) is 0 Å². The van der Waals surface area contributed by atoms with Crippen molar-refractivity contribution in [2.24, 2.45) is 11.7 Å². The summed E-state index contributed by atoms with van der Waals surface area (Å²) < 4.78 is 0. The highest BCUT2D eigenvalue weighted by atomic mass is 15.2. The summed E-state index contributed by atoms with van der Waals surface area (Å²) >= 11 is 0. The summed E-state index contributed by atoms with van der Waals surface area (Å²) in [5, 5.41) is 9.20. The van der Waals surface area contributed by atoms with Gasteiger partial charge in [0.2, 0.25) is 0 Å². The van der Waals surface area contributed by atoms with Gasteiger partial charge in [0.15, 0.2) is 0 Å². The third-order valence-electron chi connectivity index (χ3n) is 4.79. The molecule has 0 bridgehead atoms. The van der Waals surface area contributed by atoms with Gasteiger partial charge in [0, 0.05) is 6.04 Å². The van der Waals surface area contributed by atoms with Crippen molar-refractivity contribution >= 4 is 0 Å². The molecule has 3 atom stereocenters. The van der Waals surface area contributed by atoms with Crippen molar-refractivity contribution in [1.29, 1.82) is 5.26 Å². The maximum absolute atomic E-state index is 9.20. The minimum Gasteiger partial charge on any atom is -0.313 e. The molecule has 0 radical (unpaired) electrons. The number of nitrogens with two attached hydrogens (primary N) is 1. The summed E-state index contributed by atoms with van der Waals surface area (Å²) in [7, 11) is 0. The predicted molar refractivity (Wildman–Crippen MR) is 69.4 cm³/mol. The summed E-state index contributed by atoms with van der Waals surface area (Å²) in [6, 6.07) is 3.07. The standard InChI is InChI=1S/C14H25N3/c1-12-5-2-3-9-17(12)10-7-13-6-4-8-14(13,16)11-15/h12-13H,2-10,16H2,1H3. The van der Waals surface area contributed by atoms with Gasteiger partial charge in [-0.1, -0.05) is 12.8 Å². The van der Waals surface area contributed by atoms with Crippen molar-refractivity contribution in [3.8, 4) is 6.07 Å². The van der Waals surface area contributed by atoms with E-state index < -0.39 is 5.54 Å². The van der Waals surface area contributed by atoms with Gasteiger partial charge in [-0.25, -0.2) is 0 Å². The van der Waals surface area contributed by atoms with E-state index in [2.05, 4.69) is 17.9 Å². The van der Waals surface area contributed by atoms with Crippen molar-refractivity contribution in [3.05, 3.63) is 0 Å². The molecule has 1 aliphatic carbocycles. The van der Waals surface area contributed by atoms with E-state index in [0.29, 0.717) is 5.92 Å². The Balaban J connectivity index is 1.83. The third kappa shape index (κ3) is 2.81. The summed E-state index contributed by atoms with van der Waals surface area (Å²) in [6.07, 6.45) is 8.31. The van der Waals surface area contributed by atoms with Gasteiger partial charge in [0.25, 0.3) is 0 Å². The van der Waals surface area contributed by atoms with Crippen LogP contribution in [0.2, 0.25) is 0 Å². The molecule has 0 amide bonds. The van der Waals surface area contributed by atoms with Crippen LogP contribution in [0.3, 0.4) is 0 Å². The van der Waals surface area contributed by atoms with Gasteiger partial charge in [-0.3, -0.25) is 0 Å². The second-order valence-corrected chi connectivity index (χ2v) is 5.91. The molecule has 3 unspecified atom stereocenters. The molecule has 2 rings (SSSR count). The van der Waals surface area contributed by atoms with Gasteiger partial charge >= 0.3 is 0 Å². The molecule has 17 heavy (non-hydrogen) atoms. The smallest absolute Gasteiger partial charge is 0.107 e. The molecule has 1 saturated heterocycles. The first-order valence-corrected chi connectivity index (χ1v) is 7.10. The molecular weight excluding hydrogens is 210 g/mol. The Morgan fingerprint density at radius 1 is 1.35 bits per heavy atom. The minimum atomic E-state index is -0.529. The van der Waals surface area contributed by atoms with Crippen molar-refractivity contribution in [2.75, 3.05) is 13.1 Å². The second-order valence-electron chi connectivity index (χ2n) is 5.91. The molecule has 96 valence electrons. The summed E-state index contributed by atoms with van der Waals surface area (Å²) in [5.41, 5.74) is 5.64. The van der Waals surface area contributed by atoms with Gasteiger partial charge < -0.3 is 10.6 Å². The lowest BCUT2D eigenvalue weighted by atomic mass is 9.86. The number of hydrogen-bond acceptors (Lipinski definition) is 3. The van der Waals surface area contributed by atoms with E-state index in [1.165, 1.54) is 25.8 Å². The SMILES string of the molecule is CC1CCCCN1CCC1CCCC1(N)C#N. The number of likely N-dealkylation sites (tertiary alicyclic amines) is 1. The van der Waals surface area contributed by atoms with Crippen LogP contribution in [0.15, 0.2) is 0 Å². The first-order valence-electron chi connectivity index (χ1n) is 7.10. The highest BCUT2D eigenvalue weighted by Crippen LogP contribution is 2.36. The number of hydrogen-bond donors (Lipinski definition) is 1. The van der Waals surface area contributed by atoms with Crippen molar-refractivity contribution in [2.45, 2.75) is 63.5 Å². The normalized spacial score (nSPS) is 39.1. The quantitative estimate of drug-likeness (QED) is 0.816. The Hall–Kier alpha value is -0.590. The van der Waals surface area contributed by atoms with Crippen LogP contribution in [-0.4, -0.2) is 29.6 Å². The zero-order valence-electron chi connectivity index (χ0n) is 11.0. The lowest BCUT2D eigenvalue weighted by Crippen LogP contribution is -2.44. The molecule has 0 aromatic heterocycles. The van der Waals surface area contributed by atoms with E-state index in [1.54, 1.807) is 0 Å². The highest BCUT2D eigenvalue weighted by molar-refractivity contribution is 5.12. The predicted octanol–water partition coefficient (Wildman–Crippen LogP) is 2.27. The average Bonchev–Trinajstić information content (AvgIpc) is 2.71. The first-order chi connectivity index (χ1) is 8.15. The number of nitrogens with zero attached hydrogens (tertiary/aromatic N) is 2. The molecule has 2 N–H and O–H groups in total. The number of rotatable bonds is 3.